The Hall–Kier alpha value is -5.02. The number of carbonyl (C=O) groups is 6. The van der Waals surface area contributed by atoms with Gasteiger partial charge < -0.3 is 48.5 Å². The summed E-state index contributed by atoms with van der Waals surface area (Å²) in [6.07, 6.45) is 2.49. The van der Waals surface area contributed by atoms with Crippen molar-refractivity contribution in [2.45, 2.75) is 82.1 Å². The van der Waals surface area contributed by atoms with Crippen LogP contribution in [0.4, 0.5) is 0 Å². The van der Waals surface area contributed by atoms with Crippen molar-refractivity contribution >= 4 is 35.4 Å². The van der Waals surface area contributed by atoms with Gasteiger partial charge in [0.15, 0.2) is 0 Å². The highest BCUT2D eigenvalue weighted by atomic mass is 16.3. The van der Waals surface area contributed by atoms with E-state index in [1.807, 2.05) is 6.07 Å². The zero-order chi connectivity index (χ0) is 35.9. The highest BCUT2D eigenvalue weighted by molar-refractivity contribution is 5.96. The number of nitrogens with two attached hydrogens (primary N) is 3. The maximum absolute atomic E-state index is 13.7. The summed E-state index contributed by atoms with van der Waals surface area (Å²) in [5.41, 5.74) is 18.4. The fraction of sp³-hybridized carbons (Fsp3) is 0.471. The van der Waals surface area contributed by atoms with Crippen molar-refractivity contribution in [2.24, 2.45) is 17.2 Å². The van der Waals surface area contributed by atoms with E-state index in [-0.39, 0.29) is 31.6 Å². The Labute approximate surface area is 285 Å². The molecule has 15 heteroatoms. The van der Waals surface area contributed by atoms with Crippen LogP contribution in [-0.2, 0) is 41.6 Å². The first-order valence-corrected chi connectivity index (χ1v) is 16.4. The molecule has 0 saturated carbocycles. The third-order valence-corrected chi connectivity index (χ3v) is 8.21. The number of hydrogen-bond donors (Lipinski definition) is 8. The van der Waals surface area contributed by atoms with Crippen LogP contribution in [0.3, 0.4) is 0 Å². The number of hydrogen-bond acceptors (Lipinski definition) is 9. The molecule has 0 spiro atoms. The van der Waals surface area contributed by atoms with Crippen molar-refractivity contribution in [1.29, 1.82) is 0 Å². The molecule has 5 unspecified atom stereocenters. The smallest absolute Gasteiger partial charge is 0.246 e. The molecule has 49 heavy (non-hydrogen) atoms. The lowest BCUT2D eigenvalue weighted by Gasteiger charge is -2.29. The molecule has 2 aromatic carbocycles. The van der Waals surface area contributed by atoms with Gasteiger partial charge in [0, 0.05) is 19.4 Å². The average molecular weight is 681 g/mol. The van der Waals surface area contributed by atoms with E-state index < -0.39 is 72.2 Å². The van der Waals surface area contributed by atoms with Gasteiger partial charge in [0.25, 0.3) is 0 Å². The van der Waals surface area contributed by atoms with Gasteiger partial charge in [-0.2, -0.15) is 0 Å². The number of rotatable bonds is 18. The maximum atomic E-state index is 13.7. The lowest BCUT2D eigenvalue weighted by atomic mass is 10.0. The highest BCUT2D eigenvalue weighted by Crippen LogP contribution is 2.20. The van der Waals surface area contributed by atoms with Crippen LogP contribution in [0.2, 0.25) is 0 Å². The van der Waals surface area contributed by atoms with Crippen molar-refractivity contribution in [3.63, 3.8) is 0 Å². The van der Waals surface area contributed by atoms with Crippen LogP contribution in [0.5, 0.6) is 5.75 Å². The molecule has 0 aliphatic carbocycles. The molecular formula is C34H48N8O7. The summed E-state index contributed by atoms with van der Waals surface area (Å²) in [6, 6.07) is 10.4. The van der Waals surface area contributed by atoms with Gasteiger partial charge in [-0.25, -0.2) is 0 Å². The minimum absolute atomic E-state index is 0.0481. The van der Waals surface area contributed by atoms with E-state index in [2.05, 4.69) is 21.3 Å². The summed E-state index contributed by atoms with van der Waals surface area (Å²) in [4.78, 5) is 79.2. The molecule has 1 saturated heterocycles. The fourth-order valence-corrected chi connectivity index (χ4v) is 5.51. The Morgan fingerprint density at radius 3 is 2.12 bits per heavy atom. The van der Waals surface area contributed by atoms with E-state index in [9.17, 15) is 33.9 Å². The molecule has 2 aromatic rings. The largest absolute Gasteiger partial charge is 0.508 e. The maximum Gasteiger partial charge on any atom is 0.246 e. The number of phenolic OH excluding ortho intramolecular Hbond substituents is 1. The third kappa shape index (κ3) is 12.2. The fourth-order valence-electron chi connectivity index (χ4n) is 5.51. The van der Waals surface area contributed by atoms with E-state index in [4.69, 9.17) is 17.2 Å². The predicted molar refractivity (Wildman–Crippen MR) is 181 cm³/mol. The van der Waals surface area contributed by atoms with Gasteiger partial charge in [-0.1, -0.05) is 42.5 Å². The van der Waals surface area contributed by atoms with Crippen LogP contribution in [0.1, 0.15) is 50.2 Å². The molecule has 1 aliphatic rings. The molecule has 0 bridgehead atoms. The van der Waals surface area contributed by atoms with Gasteiger partial charge in [0.1, 0.15) is 29.9 Å². The molecule has 1 fully saturated rings. The Balaban J connectivity index is 1.63. The van der Waals surface area contributed by atoms with Crippen LogP contribution in [-0.4, -0.2) is 95.3 Å². The zero-order valence-corrected chi connectivity index (χ0v) is 27.7. The number of unbranched alkanes of at least 4 members (excludes halogenated alkanes) is 1. The number of carbonyl (C=O) groups excluding carboxylic acids is 6. The summed E-state index contributed by atoms with van der Waals surface area (Å²) in [6.45, 7) is 1.66. The minimum atomic E-state index is -1.03. The Bertz CT molecular complexity index is 1440. The topological polar surface area (TPSA) is 252 Å². The first kappa shape index (κ1) is 38.4. The van der Waals surface area contributed by atoms with E-state index >= 15 is 0 Å². The third-order valence-electron chi connectivity index (χ3n) is 8.21. The number of phenols is 1. The Morgan fingerprint density at radius 1 is 0.857 bits per heavy atom. The Morgan fingerprint density at radius 2 is 1.49 bits per heavy atom. The van der Waals surface area contributed by atoms with Crippen LogP contribution in [0, 0.1) is 0 Å². The summed E-state index contributed by atoms with van der Waals surface area (Å²) in [5.74, 6) is -3.52. The second-order valence-corrected chi connectivity index (χ2v) is 12.2. The molecule has 1 aliphatic heterocycles. The summed E-state index contributed by atoms with van der Waals surface area (Å²) in [5, 5.41) is 20.1. The van der Waals surface area contributed by atoms with Gasteiger partial charge >= 0.3 is 0 Å². The lowest BCUT2D eigenvalue weighted by molar-refractivity contribution is -0.141. The molecule has 266 valence electrons. The first-order valence-electron chi connectivity index (χ1n) is 16.4. The van der Waals surface area contributed by atoms with Gasteiger partial charge in [0.2, 0.25) is 35.4 Å². The van der Waals surface area contributed by atoms with Crippen molar-refractivity contribution in [3.8, 4) is 5.75 Å². The monoisotopic (exact) mass is 680 g/mol. The quantitative estimate of drug-likeness (QED) is 0.0870. The zero-order valence-electron chi connectivity index (χ0n) is 27.7. The second kappa shape index (κ2) is 19.1. The SMILES string of the molecule is CC(N)C(=O)NC(Cc1ccc(O)cc1)C(=O)N1CCCC1C(=O)NCC(=O)NC(CCCCN)C(=O)NC(Cc1ccccc1)C(N)=O. The lowest BCUT2D eigenvalue weighted by Crippen LogP contribution is -2.57. The van der Waals surface area contributed by atoms with Crippen molar-refractivity contribution in [1.82, 2.24) is 26.2 Å². The van der Waals surface area contributed by atoms with E-state index in [1.165, 1.54) is 24.0 Å². The van der Waals surface area contributed by atoms with Crippen molar-refractivity contribution in [2.75, 3.05) is 19.6 Å². The molecule has 0 radical (unpaired) electrons. The molecule has 15 nitrogen and oxygen atoms in total. The summed E-state index contributed by atoms with van der Waals surface area (Å²) < 4.78 is 0. The number of nitrogens with zero attached hydrogens (tertiary/aromatic N) is 1. The standard InChI is InChI=1S/C34H48N8O7/c1-21(36)31(46)41-27(19-23-12-14-24(43)15-13-23)34(49)42-17-7-11-28(42)33(48)38-20-29(44)39-25(10-5-6-16-35)32(47)40-26(30(37)45)18-22-8-3-2-4-9-22/h2-4,8-9,12-15,21,25-28,43H,5-7,10-11,16-20,35-36H2,1H3,(H2,37,45)(H,38,48)(H,39,44)(H,40,47)(H,41,46). The predicted octanol–water partition coefficient (Wildman–Crippen LogP) is -1.30. The number of benzene rings is 2. The highest BCUT2D eigenvalue weighted by Gasteiger charge is 2.38. The Kier molecular flexibility index (Phi) is 15.0. The number of amides is 6. The number of primary amides is 1. The van der Waals surface area contributed by atoms with Gasteiger partial charge in [-0.05, 0) is 68.8 Å². The molecule has 0 aromatic heterocycles. The van der Waals surface area contributed by atoms with Crippen LogP contribution in [0.15, 0.2) is 54.6 Å². The van der Waals surface area contributed by atoms with Gasteiger partial charge in [-0.15, -0.1) is 0 Å². The van der Waals surface area contributed by atoms with Crippen LogP contribution < -0.4 is 38.5 Å². The summed E-state index contributed by atoms with van der Waals surface area (Å²) in [7, 11) is 0. The number of aromatic hydroxyl groups is 1. The number of likely N-dealkylation sites (tertiary alicyclic amines) is 1. The van der Waals surface area contributed by atoms with Gasteiger partial charge in [-0.3, -0.25) is 28.8 Å². The number of nitrogens with one attached hydrogen (secondary N) is 4. The van der Waals surface area contributed by atoms with Crippen molar-refractivity contribution in [3.05, 3.63) is 65.7 Å². The molecule has 5 atom stereocenters. The molecule has 11 N–H and O–H groups in total. The summed E-state index contributed by atoms with van der Waals surface area (Å²) >= 11 is 0. The van der Waals surface area contributed by atoms with E-state index in [1.54, 1.807) is 36.4 Å². The van der Waals surface area contributed by atoms with E-state index in [0.29, 0.717) is 37.8 Å². The molecule has 6 amide bonds. The van der Waals surface area contributed by atoms with Crippen LogP contribution in [0.25, 0.3) is 0 Å². The molecule has 1 heterocycles. The van der Waals surface area contributed by atoms with Gasteiger partial charge in [0.05, 0.1) is 12.6 Å². The molecular weight excluding hydrogens is 632 g/mol. The second-order valence-electron chi connectivity index (χ2n) is 12.2. The molecule has 3 rings (SSSR count). The van der Waals surface area contributed by atoms with E-state index in [0.717, 1.165) is 5.56 Å². The first-order chi connectivity index (χ1) is 23.4. The normalized spacial score (nSPS) is 16.5. The average Bonchev–Trinajstić information content (AvgIpc) is 3.57. The minimum Gasteiger partial charge on any atom is -0.508 e. The van der Waals surface area contributed by atoms with Crippen LogP contribution >= 0.6 is 0 Å². The van der Waals surface area contributed by atoms with Crippen molar-refractivity contribution < 1.29 is 33.9 Å².